The Bertz CT molecular complexity index is 763. The van der Waals surface area contributed by atoms with E-state index in [1.54, 1.807) is 19.2 Å². The summed E-state index contributed by atoms with van der Waals surface area (Å²) in [5.74, 6) is 1.22. The lowest BCUT2D eigenvalue weighted by molar-refractivity contribution is 0.0657. The van der Waals surface area contributed by atoms with Gasteiger partial charge in [-0.3, -0.25) is 4.79 Å². The molecular formula is C21H28N4O3. The summed E-state index contributed by atoms with van der Waals surface area (Å²) in [6, 6.07) is 11.8. The van der Waals surface area contributed by atoms with Crippen LogP contribution < -0.4 is 5.32 Å². The van der Waals surface area contributed by atoms with Gasteiger partial charge in [0.1, 0.15) is 0 Å². The SMILES string of the molecule is CCNC(=NCc1ccc(COC)cc1)N1CCN(C(=O)c2ccco2)CC1. The van der Waals surface area contributed by atoms with Crippen LogP contribution in [0.2, 0.25) is 0 Å². The second-order valence-electron chi connectivity index (χ2n) is 6.68. The number of nitrogens with zero attached hydrogens (tertiary/aromatic N) is 3. The van der Waals surface area contributed by atoms with Crippen LogP contribution in [0.4, 0.5) is 0 Å². The first-order valence-electron chi connectivity index (χ1n) is 9.64. The minimum Gasteiger partial charge on any atom is -0.459 e. The molecule has 1 aliphatic heterocycles. The summed E-state index contributed by atoms with van der Waals surface area (Å²) in [4.78, 5) is 21.2. The Hall–Kier alpha value is -2.80. The third kappa shape index (κ3) is 5.13. The number of rotatable bonds is 6. The molecule has 1 amide bonds. The number of carbonyl (C=O) groups is 1. The lowest BCUT2D eigenvalue weighted by atomic mass is 10.1. The van der Waals surface area contributed by atoms with Gasteiger partial charge in [0.25, 0.3) is 5.91 Å². The normalized spacial score (nSPS) is 15.0. The van der Waals surface area contributed by atoms with Crippen molar-refractivity contribution in [1.29, 1.82) is 0 Å². The first-order valence-corrected chi connectivity index (χ1v) is 9.64. The Morgan fingerprint density at radius 2 is 1.79 bits per heavy atom. The lowest BCUT2D eigenvalue weighted by Gasteiger charge is -2.36. The van der Waals surface area contributed by atoms with Gasteiger partial charge in [0.15, 0.2) is 11.7 Å². The van der Waals surface area contributed by atoms with Crippen LogP contribution in [0.3, 0.4) is 0 Å². The maximum atomic E-state index is 12.4. The monoisotopic (exact) mass is 384 g/mol. The molecule has 0 atom stereocenters. The predicted molar refractivity (Wildman–Crippen MR) is 108 cm³/mol. The Balaban J connectivity index is 1.58. The molecule has 0 unspecified atom stereocenters. The molecule has 1 aliphatic rings. The summed E-state index contributed by atoms with van der Waals surface area (Å²) in [6.45, 7) is 6.87. The molecule has 0 aliphatic carbocycles. The van der Waals surface area contributed by atoms with Crippen molar-refractivity contribution >= 4 is 11.9 Å². The van der Waals surface area contributed by atoms with Gasteiger partial charge in [0, 0.05) is 39.8 Å². The fourth-order valence-electron chi connectivity index (χ4n) is 3.18. The molecule has 150 valence electrons. The van der Waals surface area contributed by atoms with Crippen LogP contribution in [0, 0.1) is 0 Å². The van der Waals surface area contributed by atoms with E-state index in [0.29, 0.717) is 32.0 Å². The van der Waals surface area contributed by atoms with Gasteiger partial charge in [0.05, 0.1) is 19.4 Å². The van der Waals surface area contributed by atoms with Crippen molar-refractivity contribution in [2.24, 2.45) is 4.99 Å². The quantitative estimate of drug-likeness (QED) is 0.612. The van der Waals surface area contributed by atoms with Crippen molar-refractivity contribution in [2.45, 2.75) is 20.1 Å². The third-order valence-electron chi connectivity index (χ3n) is 4.68. The van der Waals surface area contributed by atoms with Crippen molar-refractivity contribution in [2.75, 3.05) is 39.8 Å². The first-order chi connectivity index (χ1) is 13.7. The highest BCUT2D eigenvalue weighted by Gasteiger charge is 2.25. The first kappa shape index (κ1) is 19.9. The van der Waals surface area contributed by atoms with Gasteiger partial charge in [-0.15, -0.1) is 0 Å². The van der Waals surface area contributed by atoms with Crippen molar-refractivity contribution in [3.05, 3.63) is 59.5 Å². The molecule has 0 saturated carbocycles. The van der Waals surface area contributed by atoms with E-state index < -0.39 is 0 Å². The van der Waals surface area contributed by atoms with Gasteiger partial charge < -0.3 is 24.3 Å². The second-order valence-corrected chi connectivity index (χ2v) is 6.68. The molecule has 1 N–H and O–H groups in total. The van der Waals surface area contributed by atoms with E-state index in [1.165, 1.54) is 6.26 Å². The molecule has 1 aromatic carbocycles. The number of ether oxygens (including phenoxy) is 1. The summed E-state index contributed by atoms with van der Waals surface area (Å²) in [7, 11) is 1.70. The standard InChI is InChI=1S/C21H28N4O3/c1-3-22-21(23-15-17-6-8-18(9-7-17)16-27-2)25-12-10-24(11-13-25)20(26)19-5-4-14-28-19/h4-9,14H,3,10-13,15-16H2,1-2H3,(H,22,23). The number of benzene rings is 1. The molecule has 1 aromatic heterocycles. The van der Waals surface area contributed by atoms with Crippen molar-refractivity contribution in [3.63, 3.8) is 0 Å². The van der Waals surface area contributed by atoms with Gasteiger partial charge in [-0.25, -0.2) is 4.99 Å². The summed E-state index contributed by atoms with van der Waals surface area (Å²) < 4.78 is 10.4. The molecular weight excluding hydrogens is 356 g/mol. The largest absolute Gasteiger partial charge is 0.459 e. The number of piperazine rings is 1. The molecule has 3 rings (SSSR count). The highest BCUT2D eigenvalue weighted by molar-refractivity contribution is 5.91. The van der Waals surface area contributed by atoms with Crippen molar-refractivity contribution in [1.82, 2.24) is 15.1 Å². The molecule has 0 bridgehead atoms. The fraction of sp³-hybridized carbons (Fsp3) is 0.429. The van der Waals surface area contributed by atoms with Gasteiger partial charge in [-0.05, 0) is 30.2 Å². The summed E-state index contributed by atoms with van der Waals surface area (Å²) in [6.07, 6.45) is 1.53. The number of aliphatic imine (C=N–C) groups is 1. The number of carbonyl (C=O) groups excluding carboxylic acids is 1. The molecule has 1 saturated heterocycles. The number of hydrogen-bond donors (Lipinski definition) is 1. The van der Waals surface area contributed by atoms with E-state index in [0.717, 1.165) is 36.7 Å². The van der Waals surface area contributed by atoms with Crippen LogP contribution in [0.5, 0.6) is 0 Å². The highest BCUT2D eigenvalue weighted by atomic mass is 16.5. The molecule has 0 spiro atoms. The maximum absolute atomic E-state index is 12.4. The molecule has 2 aromatic rings. The minimum atomic E-state index is -0.0530. The van der Waals surface area contributed by atoms with E-state index in [1.807, 2.05) is 4.90 Å². The second kappa shape index (κ2) is 9.94. The molecule has 7 nitrogen and oxygen atoms in total. The van der Waals surface area contributed by atoms with E-state index in [4.69, 9.17) is 14.1 Å². The maximum Gasteiger partial charge on any atom is 0.289 e. The Kier molecular flexibility index (Phi) is 7.08. The third-order valence-corrected chi connectivity index (χ3v) is 4.68. The molecule has 2 heterocycles. The van der Waals surface area contributed by atoms with Crippen LogP contribution >= 0.6 is 0 Å². The minimum absolute atomic E-state index is 0.0530. The number of hydrogen-bond acceptors (Lipinski definition) is 4. The van der Waals surface area contributed by atoms with Gasteiger partial charge in [-0.1, -0.05) is 24.3 Å². The summed E-state index contributed by atoms with van der Waals surface area (Å²) >= 11 is 0. The topological polar surface area (TPSA) is 70.3 Å². The molecule has 0 radical (unpaired) electrons. The van der Waals surface area contributed by atoms with E-state index >= 15 is 0 Å². The summed E-state index contributed by atoms with van der Waals surface area (Å²) in [5, 5.41) is 3.36. The van der Waals surface area contributed by atoms with Gasteiger partial charge >= 0.3 is 0 Å². The number of amides is 1. The highest BCUT2D eigenvalue weighted by Crippen LogP contribution is 2.11. The van der Waals surface area contributed by atoms with Crippen molar-refractivity contribution in [3.8, 4) is 0 Å². The predicted octanol–water partition coefficient (Wildman–Crippen LogP) is 2.35. The van der Waals surface area contributed by atoms with Crippen molar-refractivity contribution < 1.29 is 13.9 Å². The van der Waals surface area contributed by atoms with E-state index in [9.17, 15) is 4.79 Å². The zero-order chi connectivity index (χ0) is 19.8. The van der Waals surface area contributed by atoms with Crippen LogP contribution in [0.15, 0.2) is 52.1 Å². The number of nitrogens with one attached hydrogen (secondary N) is 1. The molecule has 7 heteroatoms. The van der Waals surface area contributed by atoms with Crippen LogP contribution in [0.25, 0.3) is 0 Å². The van der Waals surface area contributed by atoms with E-state index in [-0.39, 0.29) is 5.91 Å². The van der Waals surface area contributed by atoms with E-state index in [2.05, 4.69) is 41.4 Å². The average Bonchev–Trinajstić information content (AvgIpc) is 3.27. The zero-order valence-electron chi connectivity index (χ0n) is 16.6. The average molecular weight is 384 g/mol. The fourth-order valence-corrected chi connectivity index (χ4v) is 3.18. The van der Waals surface area contributed by atoms with Crippen LogP contribution in [0.1, 0.15) is 28.6 Å². The van der Waals surface area contributed by atoms with Crippen LogP contribution in [-0.2, 0) is 17.9 Å². The smallest absolute Gasteiger partial charge is 0.289 e. The molecule has 1 fully saturated rings. The number of methoxy groups -OCH3 is 1. The Labute approximate surface area is 166 Å². The number of guanidine groups is 1. The zero-order valence-corrected chi connectivity index (χ0v) is 16.6. The summed E-state index contributed by atoms with van der Waals surface area (Å²) in [5.41, 5.74) is 2.31. The van der Waals surface area contributed by atoms with Crippen LogP contribution in [-0.4, -0.2) is 61.5 Å². The molecule has 28 heavy (non-hydrogen) atoms. The lowest BCUT2D eigenvalue weighted by Crippen LogP contribution is -2.53. The Morgan fingerprint density at radius 3 is 2.39 bits per heavy atom. The number of furan rings is 1. The van der Waals surface area contributed by atoms with Gasteiger partial charge in [-0.2, -0.15) is 0 Å². The Morgan fingerprint density at radius 1 is 1.11 bits per heavy atom. The van der Waals surface area contributed by atoms with Gasteiger partial charge in [0.2, 0.25) is 0 Å².